The minimum Gasteiger partial charge on any atom is -0.247 e. The molecule has 0 aliphatic carbocycles. The van der Waals surface area contributed by atoms with Gasteiger partial charge in [-0.1, -0.05) is 5.21 Å². The van der Waals surface area contributed by atoms with E-state index in [2.05, 4.69) is 31.1 Å². The summed E-state index contributed by atoms with van der Waals surface area (Å²) in [6.45, 7) is 8.11. The van der Waals surface area contributed by atoms with Crippen LogP contribution in [0.25, 0.3) is 0 Å². The van der Waals surface area contributed by atoms with Crippen molar-refractivity contribution in [1.82, 2.24) is 15.0 Å². The Morgan fingerprint density at radius 3 is 2.33 bits per heavy atom. The topological polar surface area (TPSA) is 30.7 Å². The van der Waals surface area contributed by atoms with Crippen LogP contribution < -0.4 is 0 Å². The zero-order valence-electron chi connectivity index (χ0n) is 7.87. The molecule has 0 aliphatic rings. The molecule has 0 N–H and O–H groups in total. The monoisotopic (exact) mass is 187 g/mol. The van der Waals surface area contributed by atoms with Crippen LogP contribution in [0.1, 0.15) is 38.8 Å². The zero-order chi connectivity index (χ0) is 9.35. The maximum Gasteiger partial charge on any atom is 0.100 e. The Kier molecular flexibility index (Phi) is 2.42. The van der Waals surface area contributed by atoms with Crippen LogP contribution in [0.4, 0.5) is 0 Å². The van der Waals surface area contributed by atoms with Gasteiger partial charge < -0.3 is 0 Å². The summed E-state index contributed by atoms with van der Waals surface area (Å²) in [5, 5.41) is 7.89. The maximum atomic E-state index is 5.85. The molecule has 0 bridgehead atoms. The zero-order valence-corrected chi connectivity index (χ0v) is 8.63. The number of hydrogen-bond donors (Lipinski definition) is 0. The third-order valence-corrected chi connectivity index (χ3v) is 1.83. The van der Waals surface area contributed by atoms with E-state index in [-0.39, 0.29) is 10.9 Å². The van der Waals surface area contributed by atoms with Crippen molar-refractivity contribution in [2.24, 2.45) is 0 Å². The lowest BCUT2D eigenvalue weighted by molar-refractivity contribution is 0.347. The van der Waals surface area contributed by atoms with E-state index in [4.69, 9.17) is 11.6 Å². The summed E-state index contributed by atoms with van der Waals surface area (Å²) < 4.78 is 1.82. The van der Waals surface area contributed by atoms with Crippen LogP contribution in [-0.4, -0.2) is 15.0 Å². The average Bonchev–Trinajstić information content (AvgIpc) is 2.30. The van der Waals surface area contributed by atoms with E-state index < -0.39 is 0 Å². The molecule has 1 atom stereocenters. The molecular formula is C8H14ClN3. The van der Waals surface area contributed by atoms with Crippen molar-refractivity contribution in [2.45, 2.75) is 38.6 Å². The third kappa shape index (κ3) is 1.97. The summed E-state index contributed by atoms with van der Waals surface area (Å²) in [5.41, 5.74) is 0.809. The highest BCUT2D eigenvalue weighted by Crippen LogP contribution is 2.18. The lowest BCUT2D eigenvalue weighted by Crippen LogP contribution is -2.22. The first-order valence-corrected chi connectivity index (χ1v) is 4.41. The molecule has 0 saturated carbocycles. The fraction of sp³-hybridized carbons (Fsp3) is 0.750. The second-order valence-corrected chi connectivity index (χ2v) is 4.53. The molecule has 12 heavy (non-hydrogen) atoms. The van der Waals surface area contributed by atoms with E-state index in [1.54, 1.807) is 0 Å². The quantitative estimate of drug-likeness (QED) is 0.632. The number of aromatic nitrogens is 3. The van der Waals surface area contributed by atoms with E-state index in [9.17, 15) is 0 Å². The largest absolute Gasteiger partial charge is 0.247 e. The molecule has 0 fully saturated rings. The first-order valence-electron chi connectivity index (χ1n) is 3.98. The molecule has 0 amide bonds. The molecule has 3 nitrogen and oxygen atoms in total. The second-order valence-electron chi connectivity index (χ2n) is 3.87. The van der Waals surface area contributed by atoms with Crippen molar-refractivity contribution in [3.63, 3.8) is 0 Å². The van der Waals surface area contributed by atoms with Crippen LogP contribution in [0.15, 0.2) is 6.20 Å². The number of hydrogen-bond acceptors (Lipinski definition) is 2. The fourth-order valence-corrected chi connectivity index (χ4v) is 0.887. The summed E-state index contributed by atoms with van der Waals surface area (Å²) in [5.74, 6) is 0. The molecule has 68 valence electrons. The molecule has 1 rings (SSSR count). The van der Waals surface area contributed by atoms with Gasteiger partial charge in [-0.3, -0.25) is 0 Å². The van der Waals surface area contributed by atoms with Gasteiger partial charge in [-0.2, -0.15) is 0 Å². The van der Waals surface area contributed by atoms with Gasteiger partial charge in [0.1, 0.15) is 5.69 Å². The Morgan fingerprint density at radius 2 is 2.08 bits per heavy atom. The van der Waals surface area contributed by atoms with Crippen LogP contribution in [0.3, 0.4) is 0 Å². The van der Waals surface area contributed by atoms with Gasteiger partial charge in [0.2, 0.25) is 0 Å². The van der Waals surface area contributed by atoms with Gasteiger partial charge in [-0.15, -0.1) is 16.7 Å². The molecule has 0 radical (unpaired) electrons. The fourth-order valence-electron chi connectivity index (χ4n) is 0.787. The Labute approximate surface area is 77.7 Å². The third-order valence-electron chi connectivity index (χ3n) is 1.61. The van der Waals surface area contributed by atoms with Gasteiger partial charge in [0.25, 0.3) is 0 Å². The average molecular weight is 188 g/mol. The van der Waals surface area contributed by atoms with Gasteiger partial charge in [-0.25, -0.2) is 4.68 Å². The van der Waals surface area contributed by atoms with E-state index in [0.717, 1.165) is 5.69 Å². The van der Waals surface area contributed by atoms with Crippen molar-refractivity contribution < 1.29 is 0 Å². The van der Waals surface area contributed by atoms with Crippen LogP contribution in [-0.2, 0) is 5.54 Å². The molecule has 0 saturated heterocycles. The smallest absolute Gasteiger partial charge is 0.100 e. The first kappa shape index (κ1) is 9.52. The van der Waals surface area contributed by atoms with Crippen LogP contribution in [0.5, 0.6) is 0 Å². The predicted molar refractivity (Wildman–Crippen MR) is 49.3 cm³/mol. The lowest BCUT2D eigenvalue weighted by Gasteiger charge is -2.17. The number of alkyl halides is 1. The summed E-state index contributed by atoms with van der Waals surface area (Å²) in [6.07, 6.45) is 1.89. The lowest BCUT2D eigenvalue weighted by atomic mass is 10.1. The van der Waals surface area contributed by atoms with Gasteiger partial charge >= 0.3 is 0 Å². The van der Waals surface area contributed by atoms with Gasteiger partial charge in [0.05, 0.1) is 17.1 Å². The molecule has 1 aromatic heterocycles. The second kappa shape index (κ2) is 3.05. The van der Waals surface area contributed by atoms with E-state index >= 15 is 0 Å². The van der Waals surface area contributed by atoms with Crippen molar-refractivity contribution in [2.75, 3.05) is 0 Å². The molecule has 1 aromatic rings. The molecule has 0 aliphatic heterocycles. The van der Waals surface area contributed by atoms with E-state index in [1.807, 2.05) is 17.8 Å². The van der Waals surface area contributed by atoms with Gasteiger partial charge in [0, 0.05) is 0 Å². The Balaban J connectivity index is 2.92. The first-order chi connectivity index (χ1) is 5.41. The highest BCUT2D eigenvalue weighted by Gasteiger charge is 2.16. The SMILES string of the molecule is CC(Cl)c1cn(C(C)(C)C)nn1. The van der Waals surface area contributed by atoms with Crippen molar-refractivity contribution in [3.05, 3.63) is 11.9 Å². The molecule has 0 spiro atoms. The maximum absolute atomic E-state index is 5.85. The molecule has 4 heteroatoms. The van der Waals surface area contributed by atoms with Crippen molar-refractivity contribution in [1.29, 1.82) is 0 Å². The normalized spacial score (nSPS) is 14.8. The predicted octanol–water partition coefficient (Wildman–Crippen LogP) is 2.33. The Bertz CT molecular complexity index is 260. The van der Waals surface area contributed by atoms with Crippen molar-refractivity contribution in [3.8, 4) is 0 Å². The molecule has 0 aromatic carbocycles. The Morgan fingerprint density at radius 1 is 1.50 bits per heavy atom. The molecular weight excluding hydrogens is 174 g/mol. The highest BCUT2D eigenvalue weighted by atomic mass is 35.5. The molecule has 1 unspecified atom stereocenters. The summed E-state index contributed by atoms with van der Waals surface area (Å²) in [7, 11) is 0. The standard InChI is InChI=1S/C8H14ClN3/c1-6(9)7-5-12(11-10-7)8(2,3)4/h5-6H,1-4H3. The summed E-state index contributed by atoms with van der Waals surface area (Å²) >= 11 is 5.85. The van der Waals surface area contributed by atoms with Gasteiger partial charge in [0.15, 0.2) is 0 Å². The number of halogens is 1. The van der Waals surface area contributed by atoms with Crippen LogP contribution in [0, 0.1) is 0 Å². The summed E-state index contributed by atoms with van der Waals surface area (Å²) in [6, 6.07) is 0. The number of nitrogens with zero attached hydrogens (tertiary/aromatic N) is 3. The summed E-state index contributed by atoms with van der Waals surface area (Å²) in [4.78, 5) is 0. The van der Waals surface area contributed by atoms with Gasteiger partial charge in [-0.05, 0) is 27.7 Å². The van der Waals surface area contributed by atoms with E-state index in [0.29, 0.717) is 0 Å². The minimum atomic E-state index is -0.0684. The van der Waals surface area contributed by atoms with Crippen LogP contribution >= 0.6 is 11.6 Å². The van der Waals surface area contributed by atoms with E-state index in [1.165, 1.54) is 0 Å². The van der Waals surface area contributed by atoms with Crippen molar-refractivity contribution >= 4 is 11.6 Å². The molecule has 1 heterocycles. The number of rotatable bonds is 1. The Hall–Kier alpha value is -0.570. The van der Waals surface area contributed by atoms with Crippen LogP contribution in [0.2, 0.25) is 0 Å². The minimum absolute atomic E-state index is 0.0168. The highest BCUT2D eigenvalue weighted by molar-refractivity contribution is 6.20.